The summed E-state index contributed by atoms with van der Waals surface area (Å²) < 4.78 is 2.49. The molecular formula is C34H64N+. The highest BCUT2D eigenvalue weighted by molar-refractivity contribution is 4.84. The van der Waals surface area contributed by atoms with Crippen molar-refractivity contribution in [3.8, 4) is 0 Å². The molecule has 0 radical (unpaired) electrons. The minimum Gasteiger partial charge on any atom is -0.202 e. The van der Waals surface area contributed by atoms with Crippen molar-refractivity contribution in [2.45, 2.75) is 187 Å². The lowest BCUT2D eigenvalue weighted by Crippen LogP contribution is -2.38. The molecule has 1 rings (SSSR count). The second-order valence-electron chi connectivity index (χ2n) is 11.3. The van der Waals surface area contributed by atoms with Gasteiger partial charge in [-0.15, -0.1) is 0 Å². The van der Waals surface area contributed by atoms with E-state index in [1.165, 1.54) is 167 Å². The van der Waals surface area contributed by atoms with E-state index in [2.05, 4.69) is 49.0 Å². The summed E-state index contributed by atoms with van der Waals surface area (Å²) in [7, 11) is 0. The van der Waals surface area contributed by atoms with Crippen LogP contribution in [0.1, 0.15) is 187 Å². The van der Waals surface area contributed by atoms with Crippen molar-refractivity contribution in [1.82, 2.24) is 0 Å². The highest BCUT2D eigenvalue weighted by atomic mass is 15.0. The van der Waals surface area contributed by atoms with Crippen molar-refractivity contribution in [3.63, 3.8) is 0 Å². The van der Waals surface area contributed by atoms with E-state index in [1.807, 2.05) is 0 Å². The second kappa shape index (κ2) is 26.2. The molecule has 1 heterocycles. The van der Waals surface area contributed by atoms with E-state index in [0.717, 1.165) is 0 Å². The molecule has 0 fully saturated rings. The maximum Gasteiger partial charge on any atom is 0.169 e. The summed E-state index contributed by atoms with van der Waals surface area (Å²) >= 11 is 0. The van der Waals surface area contributed by atoms with Crippen molar-refractivity contribution < 1.29 is 4.57 Å². The molecule has 0 saturated carbocycles. The van der Waals surface area contributed by atoms with Crippen molar-refractivity contribution in [1.29, 1.82) is 0 Å². The van der Waals surface area contributed by atoms with Crippen LogP contribution in [-0.4, -0.2) is 0 Å². The van der Waals surface area contributed by atoms with E-state index in [9.17, 15) is 0 Å². The fourth-order valence-electron chi connectivity index (χ4n) is 5.54. The molecular weight excluding hydrogens is 422 g/mol. The van der Waals surface area contributed by atoms with Crippen LogP contribution in [0, 0.1) is 0 Å². The highest BCUT2D eigenvalue weighted by Gasteiger charge is 2.16. The maximum absolute atomic E-state index is 2.49. The van der Waals surface area contributed by atoms with Gasteiger partial charge in [0.05, 0.1) is 0 Å². The number of aromatic nitrogens is 1. The maximum atomic E-state index is 2.49. The van der Waals surface area contributed by atoms with E-state index >= 15 is 0 Å². The van der Waals surface area contributed by atoms with E-state index in [1.54, 1.807) is 0 Å². The minimum atomic E-state index is 0.711. The Kier molecular flexibility index (Phi) is 24.1. The third-order valence-corrected chi connectivity index (χ3v) is 7.94. The Bertz CT molecular complexity index is 511. The Morgan fingerprint density at radius 1 is 0.371 bits per heavy atom. The molecule has 35 heavy (non-hydrogen) atoms. The number of nitrogens with zero attached hydrogens (tertiary/aromatic N) is 1. The zero-order valence-electron chi connectivity index (χ0n) is 24.3. The van der Waals surface area contributed by atoms with E-state index in [0.29, 0.717) is 6.04 Å². The first-order valence-corrected chi connectivity index (χ1v) is 16.3. The summed E-state index contributed by atoms with van der Waals surface area (Å²) in [5.41, 5.74) is 0. The largest absolute Gasteiger partial charge is 0.202 e. The van der Waals surface area contributed by atoms with E-state index < -0.39 is 0 Å². The number of hydrogen-bond donors (Lipinski definition) is 0. The topological polar surface area (TPSA) is 3.88 Å². The van der Waals surface area contributed by atoms with Crippen molar-refractivity contribution >= 4 is 0 Å². The molecule has 1 atom stereocenters. The highest BCUT2D eigenvalue weighted by Crippen LogP contribution is 2.20. The van der Waals surface area contributed by atoms with Gasteiger partial charge in [-0.05, 0) is 12.8 Å². The Hall–Kier alpha value is -0.850. The van der Waals surface area contributed by atoms with Crippen LogP contribution in [0.5, 0.6) is 0 Å². The van der Waals surface area contributed by atoms with Crippen LogP contribution in [0.2, 0.25) is 0 Å². The Balaban J connectivity index is 2.01. The summed E-state index contributed by atoms with van der Waals surface area (Å²) in [6, 6.07) is 7.27. The first-order chi connectivity index (χ1) is 17.4. The second-order valence-corrected chi connectivity index (χ2v) is 11.3. The lowest BCUT2D eigenvalue weighted by atomic mass is 9.99. The average molecular weight is 487 g/mol. The molecule has 1 aromatic rings. The normalized spacial score (nSPS) is 12.3. The number of rotatable bonds is 27. The van der Waals surface area contributed by atoms with Crippen molar-refractivity contribution in [3.05, 3.63) is 30.6 Å². The first-order valence-electron chi connectivity index (χ1n) is 16.3. The quantitative estimate of drug-likeness (QED) is 0.0859. The SMILES string of the molecule is CCCCCCCCCCCCCCCCCC(CCCCCCCCCCC)[n+]1ccccc1. The molecule has 0 aliphatic rings. The minimum absolute atomic E-state index is 0.711. The molecule has 0 amide bonds. The Morgan fingerprint density at radius 3 is 0.971 bits per heavy atom. The lowest BCUT2D eigenvalue weighted by Gasteiger charge is -2.13. The van der Waals surface area contributed by atoms with Gasteiger partial charge in [0.15, 0.2) is 18.4 Å². The van der Waals surface area contributed by atoms with Crippen LogP contribution in [0.3, 0.4) is 0 Å². The van der Waals surface area contributed by atoms with Crippen LogP contribution in [-0.2, 0) is 0 Å². The van der Waals surface area contributed by atoms with Gasteiger partial charge < -0.3 is 0 Å². The molecule has 1 heteroatoms. The summed E-state index contributed by atoms with van der Waals surface area (Å²) in [5, 5.41) is 0. The number of hydrogen-bond acceptors (Lipinski definition) is 0. The van der Waals surface area contributed by atoms with Gasteiger partial charge in [0, 0.05) is 25.0 Å². The molecule has 1 aromatic heterocycles. The van der Waals surface area contributed by atoms with Gasteiger partial charge in [-0.25, -0.2) is 4.57 Å². The van der Waals surface area contributed by atoms with Gasteiger partial charge in [0.1, 0.15) is 0 Å². The number of unbranched alkanes of at least 4 members (excludes halogenated alkanes) is 22. The summed E-state index contributed by atoms with van der Waals surface area (Å²) in [6.45, 7) is 4.61. The van der Waals surface area contributed by atoms with Gasteiger partial charge in [-0.2, -0.15) is 0 Å². The first kappa shape index (κ1) is 32.2. The van der Waals surface area contributed by atoms with Gasteiger partial charge in [-0.1, -0.05) is 161 Å². The molecule has 0 bridgehead atoms. The third-order valence-electron chi connectivity index (χ3n) is 7.94. The molecule has 1 nitrogen and oxygen atoms in total. The van der Waals surface area contributed by atoms with Crippen LogP contribution >= 0.6 is 0 Å². The molecule has 0 aromatic carbocycles. The lowest BCUT2D eigenvalue weighted by molar-refractivity contribution is -0.724. The molecule has 0 aliphatic carbocycles. The van der Waals surface area contributed by atoms with E-state index in [4.69, 9.17) is 0 Å². The van der Waals surface area contributed by atoms with Crippen molar-refractivity contribution in [2.75, 3.05) is 0 Å². The standard InChI is InChI=1S/C34H64N/c1-3-5-7-9-11-13-14-15-16-17-18-20-22-24-27-31-34(35-32-28-25-29-33-35)30-26-23-21-19-12-10-8-6-4-2/h25,28-29,32-34H,3-24,26-27,30-31H2,1-2H3/q+1. The zero-order chi connectivity index (χ0) is 25.1. The van der Waals surface area contributed by atoms with Crippen molar-refractivity contribution in [2.24, 2.45) is 0 Å². The molecule has 0 N–H and O–H groups in total. The van der Waals surface area contributed by atoms with Crippen LogP contribution in [0.25, 0.3) is 0 Å². The van der Waals surface area contributed by atoms with Gasteiger partial charge in [0.25, 0.3) is 0 Å². The monoisotopic (exact) mass is 487 g/mol. The predicted octanol–water partition coefficient (Wildman–Crippen LogP) is 11.7. The molecule has 0 saturated heterocycles. The van der Waals surface area contributed by atoms with Gasteiger partial charge in [-0.3, -0.25) is 0 Å². The molecule has 0 spiro atoms. The Morgan fingerprint density at radius 2 is 0.657 bits per heavy atom. The summed E-state index contributed by atoms with van der Waals surface area (Å²) in [4.78, 5) is 0. The van der Waals surface area contributed by atoms with Gasteiger partial charge in [0.2, 0.25) is 0 Å². The predicted molar refractivity (Wildman–Crippen MR) is 157 cm³/mol. The van der Waals surface area contributed by atoms with Crippen LogP contribution in [0.4, 0.5) is 0 Å². The van der Waals surface area contributed by atoms with E-state index in [-0.39, 0.29) is 0 Å². The van der Waals surface area contributed by atoms with Crippen LogP contribution < -0.4 is 4.57 Å². The van der Waals surface area contributed by atoms with Gasteiger partial charge >= 0.3 is 0 Å². The fraction of sp³-hybridized carbons (Fsp3) is 0.853. The fourth-order valence-corrected chi connectivity index (χ4v) is 5.54. The molecule has 204 valence electrons. The smallest absolute Gasteiger partial charge is 0.169 e. The van der Waals surface area contributed by atoms with Crippen LogP contribution in [0.15, 0.2) is 30.6 Å². The molecule has 1 unspecified atom stereocenters. The third kappa shape index (κ3) is 21.0. The Labute approximate surface area is 221 Å². The average Bonchev–Trinajstić information content (AvgIpc) is 2.89. The summed E-state index contributed by atoms with van der Waals surface area (Å²) in [5.74, 6) is 0. The molecule has 0 aliphatic heterocycles. The summed E-state index contributed by atoms with van der Waals surface area (Å²) in [6.07, 6.45) is 42.0. The zero-order valence-corrected chi connectivity index (χ0v) is 24.3. The number of pyridine rings is 1.